The Morgan fingerprint density at radius 1 is 1.22 bits per heavy atom. The molecule has 3 heterocycles. The number of aromatic nitrogens is 5. The second kappa shape index (κ2) is 10.3. The predicted octanol–water partition coefficient (Wildman–Crippen LogP) is 3.86. The van der Waals surface area contributed by atoms with E-state index in [2.05, 4.69) is 45.0 Å². The molecule has 0 unspecified atom stereocenters. The van der Waals surface area contributed by atoms with E-state index in [4.69, 9.17) is 5.73 Å². The van der Waals surface area contributed by atoms with Crippen molar-refractivity contribution in [1.82, 2.24) is 30.2 Å². The van der Waals surface area contributed by atoms with Gasteiger partial charge < -0.3 is 30.8 Å². The number of nitrogen functional groups attached to an aromatic ring is 1. The average molecular weight is 509 g/mol. The van der Waals surface area contributed by atoms with Crippen LogP contribution in [0.15, 0.2) is 24.5 Å². The molecule has 11 nitrogen and oxygen atoms in total. The third-order valence-electron chi connectivity index (χ3n) is 4.82. The molecule has 0 fully saturated rings. The number of amides is 1. The first-order valence-electron chi connectivity index (χ1n) is 10.8. The van der Waals surface area contributed by atoms with Crippen LogP contribution in [0.25, 0.3) is 22.6 Å². The van der Waals surface area contributed by atoms with Gasteiger partial charge in [-0.15, -0.1) is 13.2 Å². The van der Waals surface area contributed by atoms with Crippen LogP contribution in [-0.4, -0.2) is 57.1 Å². The smallest absolute Gasteiger partial charge is 0.453 e. The Labute approximate surface area is 205 Å². The molecule has 36 heavy (non-hydrogen) atoms. The van der Waals surface area contributed by atoms with Crippen molar-refractivity contribution in [1.29, 1.82) is 0 Å². The Morgan fingerprint density at radius 3 is 2.58 bits per heavy atom. The van der Waals surface area contributed by atoms with Crippen LogP contribution < -0.4 is 21.1 Å². The number of hydrogen-bond donors (Lipinski definition) is 4. The minimum atomic E-state index is -4.94. The number of ether oxygens (including phenoxy) is 2. The van der Waals surface area contributed by atoms with E-state index in [1.807, 2.05) is 20.8 Å². The zero-order valence-corrected chi connectivity index (χ0v) is 20.3. The number of nitrogens with one attached hydrogen (secondary N) is 3. The molecule has 0 saturated heterocycles. The molecule has 1 amide bonds. The van der Waals surface area contributed by atoms with Gasteiger partial charge in [-0.1, -0.05) is 20.8 Å². The first kappa shape index (κ1) is 26.5. The molecule has 0 aliphatic rings. The minimum Gasteiger partial charge on any atom is -0.453 e. The molecule has 0 aromatic carbocycles. The van der Waals surface area contributed by atoms with Gasteiger partial charge in [-0.05, 0) is 19.1 Å². The van der Waals surface area contributed by atoms with Gasteiger partial charge in [0.15, 0.2) is 11.6 Å². The van der Waals surface area contributed by atoms with Crippen LogP contribution in [0.4, 0.5) is 29.7 Å². The highest BCUT2D eigenvalue weighted by molar-refractivity contribution is 5.78. The Kier molecular flexibility index (Phi) is 7.55. The number of nitrogens with zero attached hydrogens (tertiary/aromatic N) is 4. The number of carbonyl (C=O) groups excluding carboxylic acids is 1. The highest BCUT2D eigenvalue weighted by atomic mass is 19.4. The Morgan fingerprint density at radius 2 is 1.94 bits per heavy atom. The second-order valence-electron chi connectivity index (χ2n) is 8.90. The number of H-pyrrole nitrogens is 1. The van der Waals surface area contributed by atoms with Crippen LogP contribution in [0.5, 0.6) is 5.75 Å². The summed E-state index contributed by atoms with van der Waals surface area (Å²) in [5.41, 5.74) is 6.59. The quantitative estimate of drug-likeness (QED) is 0.372. The number of imidazole rings is 1. The second-order valence-corrected chi connectivity index (χ2v) is 8.90. The lowest BCUT2D eigenvalue weighted by Crippen LogP contribution is -2.37. The number of hydrogen-bond acceptors (Lipinski definition) is 9. The summed E-state index contributed by atoms with van der Waals surface area (Å²) < 4.78 is 47.1. The summed E-state index contributed by atoms with van der Waals surface area (Å²) in [7, 11) is 1.27. The minimum absolute atomic E-state index is 0.245. The summed E-state index contributed by atoms with van der Waals surface area (Å²) >= 11 is 0. The predicted molar refractivity (Wildman–Crippen MR) is 126 cm³/mol. The number of methoxy groups -OCH3 is 1. The largest absolute Gasteiger partial charge is 0.573 e. The van der Waals surface area contributed by atoms with Crippen molar-refractivity contribution in [2.24, 2.45) is 0 Å². The maximum absolute atomic E-state index is 12.8. The van der Waals surface area contributed by atoms with Crippen molar-refractivity contribution in [3.05, 3.63) is 30.4 Å². The number of rotatable bonds is 7. The molecule has 14 heteroatoms. The number of alkyl halides is 3. The van der Waals surface area contributed by atoms with Gasteiger partial charge in [-0.2, -0.15) is 0 Å². The average Bonchev–Trinajstić information content (AvgIpc) is 3.24. The van der Waals surface area contributed by atoms with E-state index in [0.29, 0.717) is 29.5 Å². The van der Waals surface area contributed by atoms with Gasteiger partial charge in [0.2, 0.25) is 5.95 Å². The molecule has 0 saturated carbocycles. The number of nitrogens with two attached hydrogens (primary N) is 1. The van der Waals surface area contributed by atoms with E-state index in [1.54, 1.807) is 13.0 Å². The summed E-state index contributed by atoms with van der Waals surface area (Å²) in [5.74, 6) is -0.206. The van der Waals surface area contributed by atoms with E-state index < -0.39 is 29.4 Å². The van der Waals surface area contributed by atoms with E-state index >= 15 is 0 Å². The third kappa shape index (κ3) is 6.73. The summed E-state index contributed by atoms with van der Waals surface area (Å²) in [6.07, 6.45) is -2.68. The van der Waals surface area contributed by atoms with Crippen LogP contribution in [0.1, 0.15) is 33.5 Å². The number of carbonyl (C=O) groups is 1. The topological polar surface area (TPSA) is 153 Å². The van der Waals surface area contributed by atoms with Crippen molar-refractivity contribution in [3.8, 4) is 28.4 Å². The Bertz CT molecular complexity index is 1220. The van der Waals surface area contributed by atoms with Crippen molar-refractivity contribution in [2.45, 2.75) is 45.5 Å². The van der Waals surface area contributed by atoms with E-state index in [1.165, 1.54) is 19.5 Å². The summed E-state index contributed by atoms with van der Waals surface area (Å²) in [6.45, 7) is 7.87. The molecular formula is C22H27F3N8O3. The number of alkyl carbamates (subject to hydrolysis) is 1. The first-order valence-corrected chi connectivity index (χ1v) is 10.8. The molecule has 0 aliphatic carbocycles. The molecule has 5 N–H and O–H groups in total. The van der Waals surface area contributed by atoms with Crippen LogP contribution in [0, 0.1) is 0 Å². The highest BCUT2D eigenvalue weighted by Gasteiger charge is 2.33. The zero-order valence-electron chi connectivity index (χ0n) is 20.3. The fraction of sp³-hybridized carbons (Fsp3) is 0.409. The van der Waals surface area contributed by atoms with Gasteiger partial charge in [0.1, 0.15) is 5.82 Å². The van der Waals surface area contributed by atoms with E-state index in [9.17, 15) is 18.0 Å². The van der Waals surface area contributed by atoms with Gasteiger partial charge in [-0.25, -0.2) is 24.7 Å². The van der Waals surface area contributed by atoms with Gasteiger partial charge in [0.05, 0.1) is 24.2 Å². The molecule has 0 spiro atoms. The molecule has 0 radical (unpaired) electrons. The van der Waals surface area contributed by atoms with Gasteiger partial charge in [0, 0.05) is 36.0 Å². The fourth-order valence-electron chi connectivity index (χ4n) is 3.05. The van der Waals surface area contributed by atoms with Crippen LogP contribution in [0.3, 0.4) is 0 Å². The van der Waals surface area contributed by atoms with Crippen molar-refractivity contribution in [2.75, 3.05) is 24.7 Å². The summed E-state index contributed by atoms with van der Waals surface area (Å²) in [4.78, 5) is 31.7. The number of halogens is 3. The molecule has 3 rings (SSSR count). The highest BCUT2D eigenvalue weighted by Crippen LogP contribution is 2.36. The van der Waals surface area contributed by atoms with Crippen LogP contribution in [-0.2, 0) is 10.2 Å². The summed E-state index contributed by atoms with van der Waals surface area (Å²) in [5, 5.41) is 5.64. The molecular weight excluding hydrogens is 481 g/mol. The SMILES string of the molecule is COC(=O)N[C@@H](C)CNc1nccc(-c2[nH]c(C(C)(C)C)nc2-c2cnc(N)c(OC(F)(F)F)c2)n1. The first-order chi connectivity index (χ1) is 16.8. The molecule has 3 aromatic rings. The summed E-state index contributed by atoms with van der Waals surface area (Å²) in [6, 6.07) is 2.47. The zero-order chi connectivity index (χ0) is 26.7. The van der Waals surface area contributed by atoms with E-state index in [0.717, 1.165) is 6.07 Å². The standard InChI is InChI=1S/C22H27F3N8O3/c1-11(30-20(34)35-5)9-29-19-27-7-6-13(31-19)16-15(32-18(33-16)21(2,3)4)12-8-14(17(26)28-10-12)36-22(23,24)25/h6-8,10-11H,9H2,1-5H3,(H2,26,28)(H,30,34)(H,32,33)(H,27,29,31)/t11-/m0/s1. The van der Waals surface area contributed by atoms with Gasteiger partial charge in [0.25, 0.3) is 0 Å². The maximum atomic E-state index is 12.8. The number of aromatic amines is 1. The monoisotopic (exact) mass is 508 g/mol. The normalized spacial score (nSPS) is 12.7. The number of pyridine rings is 1. The van der Waals surface area contributed by atoms with Crippen LogP contribution in [0.2, 0.25) is 0 Å². The lowest BCUT2D eigenvalue weighted by molar-refractivity contribution is -0.274. The van der Waals surface area contributed by atoms with E-state index in [-0.39, 0.29) is 17.6 Å². The van der Waals surface area contributed by atoms with Gasteiger partial charge in [-0.3, -0.25) is 0 Å². The Balaban J connectivity index is 1.99. The fourth-order valence-corrected chi connectivity index (χ4v) is 3.05. The molecule has 3 aromatic heterocycles. The Hall–Kier alpha value is -4.10. The maximum Gasteiger partial charge on any atom is 0.573 e. The molecule has 194 valence electrons. The van der Waals surface area contributed by atoms with Crippen molar-refractivity contribution < 1.29 is 27.4 Å². The molecule has 0 bridgehead atoms. The lowest BCUT2D eigenvalue weighted by atomic mass is 9.96. The number of anilines is 2. The van der Waals surface area contributed by atoms with Crippen LogP contribution >= 0.6 is 0 Å². The van der Waals surface area contributed by atoms with Crippen molar-refractivity contribution >= 4 is 17.9 Å². The lowest BCUT2D eigenvalue weighted by Gasteiger charge is -2.14. The van der Waals surface area contributed by atoms with Gasteiger partial charge >= 0.3 is 12.5 Å². The molecule has 1 atom stereocenters. The van der Waals surface area contributed by atoms with Crippen molar-refractivity contribution in [3.63, 3.8) is 0 Å². The third-order valence-corrected chi connectivity index (χ3v) is 4.82. The molecule has 0 aliphatic heterocycles.